The number of ether oxygens (including phenoxy) is 2. The van der Waals surface area contributed by atoms with Crippen molar-refractivity contribution in [3.63, 3.8) is 0 Å². The summed E-state index contributed by atoms with van der Waals surface area (Å²) in [7, 11) is 1.55. The molecule has 0 unspecified atom stereocenters. The van der Waals surface area contributed by atoms with Gasteiger partial charge in [-0.2, -0.15) is 4.98 Å². The Labute approximate surface area is 123 Å². The molecule has 1 aromatic heterocycles. The van der Waals surface area contributed by atoms with Gasteiger partial charge in [-0.1, -0.05) is 5.16 Å². The van der Waals surface area contributed by atoms with Gasteiger partial charge in [0.1, 0.15) is 6.61 Å². The molecule has 0 bridgehead atoms. The van der Waals surface area contributed by atoms with E-state index in [0.29, 0.717) is 42.5 Å². The van der Waals surface area contributed by atoms with Crippen molar-refractivity contribution >= 4 is 5.91 Å². The number of aromatic nitrogens is 2. The Morgan fingerprint density at radius 2 is 2.29 bits per heavy atom. The second-order valence-corrected chi connectivity index (χ2v) is 5.89. The van der Waals surface area contributed by atoms with Crippen molar-refractivity contribution in [3.05, 3.63) is 11.7 Å². The van der Waals surface area contributed by atoms with Gasteiger partial charge in [0.05, 0.1) is 13.2 Å². The maximum atomic E-state index is 12.0. The molecule has 0 N–H and O–H groups in total. The fourth-order valence-corrected chi connectivity index (χ4v) is 3.38. The molecule has 3 atom stereocenters. The van der Waals surface area contributed by atoms with E-state index in [2.05, 4.69) is 10.1 Å². The van der Waals surface area contributed by atoms with Crippen LogP contribution in [0.2, 0.25) is 0 Å². The molecule has 2 aliphatic heterocycles. The van der Waals surface area contributed by atoms with E-state index in [-0.39, 0.29) is 12.5 Å². The predicted molar refractivity (Wildman–Crippen MR) is 72.5 cm³/mol. The Hall–Kier alpha value is -1.47. The molecule has 0 radical (unpaired) electrons. The molecule has 0 saturated carbocycles. The minimum atomic E-state index is 0.0549. The zero-order valence-corrected chi connectivity index (χ0v) is 12.4. The van der Waals surface area contributed by atoms with Gasteiger partial charge in [0.15, 0.2) is 5.82 Å². The van der Waals surface area contributed by atoms with Crippen molar-refractivity contribution in [3.8, 4) is 0 Å². The standard InChI is InChI=1S/C14H21N3O4/c1-9-15-13(21-16-9)3-10-6-20-7-11-4-17(5-12(10)11)14(18)8-19-2/h10-12H,3-8H2,1-2H3/t10-,11-,12+/m1/s1. The van der Waals surface area contributed by atoms with Gasteiger partial charge in [-0.25, -0.2) is 0 Å². The summed E-state index contributed by atoms with van der Waals surface area (Å²) in [6.07, 6.45) is 0.717. The van der Waals surface area contributed by atoms with Crippen molar-refractivity contribution in [2.75, 3.05) is 40.0 Å². The van der Waals surface area contributed by atoms with Crippen LogP contribution in [0.3, 0.4) is 0 Å². The number of rotatable bonds is 4. The van der Waals surface area contributed by atoms with Crippen LogP contribution >= 0.6 is 0 Å². The van der Waals surface area contributed by atoms with Gasteiger partial charge in [-0.15, -0.1) is 0 Å². The lowest BCUT2D eigenvalue weighted by atomic mass is 9.81. The Morgan fingerprint density at radius 3 is 3.00 bits per heavy atom. The quantitative estimate of drug-likeness (QED) is 0.794. The van der Waals surface area contributed by atoms with Gasteiger partial charge in [-0.3, -0.25) is 4.79 Å². The van der Waals surface area contributed by atoms with Crippen LogP contribution in [-0.4, -0.2) is 61.0 Å². The smallest absolute Gasteiger partial charge is 0.248 e. The minimum Gasteiger partial charge on any atom is -0.381 e. The number of methoxy groups -OCH3 is 1. The number of hydrogen-bond donors (Lipinski definition) is 0. The van der Waals surface area contributed by atoms with Crippen LogP contribution < -0.4 is 0 Å². The van der Waals surface area contributed by atoms with Gasteiger partial charge < -0.3 is 18.9 Å². The first-order valence-corrected chi connectivity index (χ1v) is 7.31. The van der Waals surface area contributed by atoms with E-state index in [0.717, 1.165) is 19.7 Å². The molecule has 7 heteroatoms. The zero-order chi connectivity index (χ0) is 14.8. The molecular formula is C14H21N3O4. The van der Waals surface area contributed by atoms with Crippen LogP contribution in [0.25, 0.3) is 0 Å². The molecule has 7 nitrogen and oxygen atoms in total. The summed E-state index contributed by atoms with van der Waals surface area (Å²) in [5.74, 6) is 2.52. The Balaban J connectivity index is 1.65. The topological polar surface area (TPSA) is 77.7 Å². The molecule has 3 rings (SSSR count). The Kier molecular flexibility index (Phi) is 4.21. The van der Waals surface area contributed by atoms with Crippen LogP contribution in [0.1, 0.15) is 11.7 Å². The molecule has 0 spiro atoms. The monoisotopic (exact) mass is 295 g/mol. The van der Waals surface area contributed by atoms with Gasteiger partial charge >= 0.3 is 0 Å². The lowest BCUT2D eigenvalue weighted by Gasteiger charge is -2.31. The molecule has 0 aliphatic carbocycles. The average molecular weight is 295 g/mol. The van der Waals surface area contributed by atoms with E-state index in [9.17, 15) is 4.79 Å². The largest absolute Gasteiger partial charge is 0.381 e. The van der Waals surface area contributed by atoms with E-state index in [1.807, 2.05) is 11.8 Å². The molecule has 0 aromatic carbocycles. The number of amides is 1. The normalized spacial score (nSPS) is 28.7. The van der Waals surface area contributed by atoms with E-state index in [1.165, 1.54) is 0 Å². The second kappa shape index (κ2) is 6.11. The highest BCUT2D eigenvalue weighted by molar-refractivity contribution is 5.77. The van der Waals surface area contributed by atoms with E-state index in [1.54, 1.807) is 7.11 Å². The maximum absolute atomic E-state index is 12.0. The highest BCUT2D eigenvalue weighted by Crippen LogP contribution is 2.35. The van der Waals surface area contributed by atoms with Gasteiger partial charge in [0.2, 0.25) is 11.8 Å². The van der Waals surface area contributed by atoms with E-state index in [4.69, 9.17) is 14.0 Å². The van der Waals surface area contributed by atoms with E-state index < -0.39 is 0 Å². The third-order valence-electron chi connectivity index (χ3n) is 4.39. The number of carbonyl (C=O) groups excluding carboxylic acids is 1. The number of likely N-dealkylation sites (tertiary alicyclic amines) is 1. The van der Waals surface area contributed by atoms with Gasteiger partial charge in [0, 0.05) is 32.5 Å². The fraction of sp³-hybridized carbons (Fsp3) is 0.786. The third-order valence-corrected chi connectivity index (χ3v) is 4.39. The van der Waals surface area contributed by atoms with Crippen LogP contribution in [0.15, 0.2) is 4.52 Å². The van der Waals surface area contributed by atoms with Crippen molar-refractivity contribution in [2.24, 2.45) is 17.8 Å². The summed E-state index contributed by atoms with van der Waals surface area (Å²) in [5.41, 5.74) is 0. The third kappa shape index (κ3) is 3.08. The molecule has 2 fully saturated rings. The van der Waals surface area contributed by atoms with Crippen LogP contribution in [-0.2, 0) is 20.7 Å². The molecule has 3 heterocycles. The first-order valence-electron chi connectivity index (χ1n) is 7.31. The summed E-state index contributed by atoms with van der Waals surface area (Å²) in [6, 6.07) is 0. The first kappa shape index (κ1) is 14.5. The number of carbonyl (C=O) groups is 1. The summed E-state index contributed by atoms with van der Waals surface area (Å²) in [6.45, 7) is 4.90. The number of aryl methyl sites for hydroxylation is 1. The molecular weight excluding hydrogens is 274 g/mol. The first-order chi connectivity index (χ1) is 10.2. The molecule has 21 heavy (non-hydrogen) atoms. The van der Waals surface area contributed by atoms with Crippen LogP contribution in [0.4, 0.5) is 0 Å². The summed E-state index contributed by atoms with van der Waals surface area (Å²) < 4.78 is 15.9. The fourth-order valence-electron chi connectivity index (χ4n) is 3.38. The average Bonchev–Trinajstić information content (AvgIpc) is 3.06. The van der Waals surface area contributed by atoms with Crippen molar-refractivity contribution in [1.29, 1.82) is 0 Å². The highest BCUT2D eigenvalue weighted by Gasteiger charge is 2.42. The molecule has 2 saturated heterocycles. The van der Waals surface area contributed by atoms with Crippen molar-refractivity contribution in [2.45, 2.75) is 13.3 Å². The Morgan fingerprint density at radius 1 is 1.43 bits per heavy atom. The van der Waals surface area contributed by atoms with Crippen LogP contribution in [0, 0.1) is 24.7 Å². The van der Waals surface area contributed by atoms with E-state index >= 15 is 0 Å². The molecule has 1 amide bonds. The Bertz CT molecular complexity index is 504. The maximum Gasteiger partial charge on any atom is 0.248 e. The predicted octanol–water partition coefficient (Wildman–Crippen LogP) is 0.288. The number of nitrogens with zero attached hydrogens (tertiary/aromatic N) is 3. The lowest BCUT2D eigenvalue weighted by Crippen LogP contribution is -2.36. The SMILES string of the molecule is COCC(=O)N1C[C@@H]2COC[C@@H](Cc3nc(C)no3)[C@@H]2C1. The lowest BCUT2D eigenvalue weighted by molar-refractivity contribution is -0.134. The van der Waals surface area contributed by atoms with Gasteiger partial charge in [-0.05, 0) is 18.8 Å². The minimum absolute atomic E-state index is 0.0549. The molecule has 2 aliphatic rings. The molecule has 1 aromatic rings. The zero-order valence-electron chi connectivity index (χ0n) is 12.4. The van der Waals surface area contributed by atoms with Crippen molar-refractivity contribution in [1.82, 2.24) is 15.0 Å². The highest BCUT2D eigenvalue weighted by atomic mass is 16.5. The molecule has 116 valence electrons. The van der Waals surface area contributed by atoms with Crippen LogP contribution in [0.5, 0.6) is 0 Å². The summed E-state index contributed by atoms with van der Waals surface area (Å²) >= 11 is 0. The summed E-state index contributed by atoms with van der Waals surface area (Å²) in [4.78, 5) is 18.1. The second-order valence-electron chi connectivity index (χ2n) is 5.89. The van der Waals surface area contributed by atoms with Gasteiger partial charge in [0.25, 0.3) is 0 Å². The number of fused-ring (bicyclic) bond motifs is 1. The van der Waals surface area contributed by atoms with Crippen molar-refractivity contribution < 1.29 is 18.8 Å². The summed E-state index contributed by atoms with van der Waals surface area (Å²) in [5, 5.41) is 3.83. The number of hydrogen-bond acceptors (Lipinski definition) is 6.